The van der Waals surface area contributed by atoms with E-state index in [1.807, 2.05) is 0 Å². The predicted molar refractivity (Wildman–Crippen MR) is 50.5 cm³/mol. The first-order valence-corrected chi connectivity index (χ1v) is 5.11. The summed E-state index contributed by atoms with van der Waals surface area (Å²) in [7, 11) is 0. The molecule has 14 heavy (non-hydrogen) atoms. The molecular weight excluding hydrogens is 200 g/mol. The predicted octanol–water partition coefficient (Wildman–Crippen LogP) is 0.262. The van der Waals surface area contributed by atoms with Crippen LogP contribution in [0.3, 0.4) is 0 Å². The normalized spacial score (nSPS) is 23.2. The molecule has 1 unspecified atom stereocenters. The van der Waals surface area contributed by atoms with Gasteiger partial charge in [-0.2, -0.15) is 14.0 Å². The van der Waals surface area contributed by atoms with Gasteiger partial charge in [0.25, 0.3) is 0 Å². The zero-order chi connectivity index (χ0) is 9.80. The molecule has 1 saturated heterocycles. The van der Waals surface area contributed by atoms with Crippen molar-refractivity contribution in [2.45, 2.75) is 12.6 Å². The monoisotopic (exact) mass is 210 g/mol. The molecule has 74 valence electrons. The van der Waals surface area contributed by atoms with E-state index in [4.69, 9.17) is 10.00 Å². The van der Waals surface area contributed by atoms with Gasteiger partial charge in [0, 0.05) is 19.6 Å². The lowest BCUT2D eigenvalue weighted by atomic mass is 10.3. The van der Waals surface area contributed by atoms with E-state index in [-0.39, 0.29) is 6.10 Å². The lowest BCUT2D eigenvalue weighted by Gasteiger charge is -2.28. The van der Waals surface area contributed by atoms with Crippen molar-refractivity contribution >= 4 is 11.7 Å². The van der Waals surface area contributed by atoms with Crippen LogP contribution in [0.4, 0.5) is 0 Å². The molecule has 1 atom stereocenters. The number of nitriles is 1. The van der Waals surface area contributed by atoms with E-state index in [1.54, 1.807) is 6.20 Å². The zero-order valence-corrected chi connectivity index (χ0v) is 8.40. The summed E-state index contributed by atoms with van der Waals surface area (Å²) in [4.78, 5) is 2.16. The van der Waals surface area contributed by atoms with Crippen LogP contribution in [-0.4, -0.2) is 39.4 Å². The minimum atomic E-state index is -0.296. The lowest BCUT2D eigenvalue weighted by molar-refractivity contribution is -0.00304. The van der Waals surface area contributed by atoms with Crippen LogP contribution in [0.25, 0.3) is 0 Å². The van der Waals surface area contributed by atoms with Crippen LogP contribution in [0.15, 0.2) is 6.20 Å². The zero-order valence-electron chi connectivity index (χ0n) is 7.59. The number of morpholine rings is 1. The third kappa shape index (κ3) is 2.26. The second-order valence-corrected chi connectivity index (χ2v) is 3.68. The van der Waals surface area contributed by atoms with E-state index in [0.717, 1.165) is 18.8 Å². The van der Waals surface area contributed by atoms with E-state index in [1.165, 1.54) is 11.7 Å². The van der Waals surface area contributed by atoms with Crippen LogP contribution in [0.5, 0.6) is 0 Å². The van der Waals surface area contributed by atoms with Gasteiger partial charge >= 0.3 is 0 Å². The summed E-state index contributed by atoms with van der Waals surface area (Å²) in [6.07, 6.45) is 1.47. The van der Waals surface area contributed by atoms with Crippen molar-refractivity contribution in [3.63, 3.8) is 0 Å². The largest absolute Gasteiger partial charge is 0.361 e. The van der Waals surface area contributed by atoms with Crippen molar-refractivity contribution in [3.8, 4) is 6.07 Å². The SMILES string of the molecule is N#CC1CN(Cc2cnsn2)CCO1. The van der Waals surface area contributed by atoms with Crippen LogP contribution < -0.4 is 0 Å². The fourth-order valence-corrected chi connectivity index (χ4v) is 1.83. The third-order valence-corrected chi connectivity index (χ3v) is 2.60. The maximum Gasteiger partial charge on any atom is 0.156 e. The molecule has 2 rings (SSSR count). The highest BCUT2D eigenvalue weighted by Crippen LogP contribution is 2.08. The van der Waals surface area contributed by atoms with Gasteiger partial charge in [0.05, 0.1) is 36.3 Å². The van der Waals surface area contributed by atoms with E-state index in [0.29, 0.717) is 13.2 Å². The van der Waals surface area contributed by atoms with Gasteiger partial charge in [-0.05, 0) is 0 Å². The van der Waals surface area contributed by atoms with Gasteiger partial charge in [-0.15, -0.1) is 0 Å². The minimum Gasteiger partial charge on any atom is -0.361 e. The summed E-state index contributed by atoms with van der Waals surface area (Å²) in [6.45, 7) is 2.90. The van der Waals surface area contributed by atoms with Gasteiger partial charge in [-0.3, -0.25) is 4.90 Å². The summed E-state index contributed by atoms with van der Waals surface area (Å²) in [5, 5.41) is 8.71. The second-order valence-electron chi connectivity index (χ2n) is 3.12. The van der Waals surface area contributed by atoms with Gasteiger partial charge in [0.2, 0.25) is 0 Å². The fourth-order valence-electron chi connectivity index (χ4n) is 1.41. The van der Waals surface area contributed by atoms with E-state index in [9.17, 15) is 0 Å². The first kappa shape index (κ1) is 9.52. The van der Waals surface area contributed by atoms with Crippen LogP contribution in [0.2, 0.25) is 0 Å². The van der Waals surface area contributed by atoms with Gasteiger partial charge in [0.1, 0.15) is 0 Å². The number of rotatable bonds is 2. The molecule has 0 radical (unpaired) electrons. The lowest BCUT2D eigenvalue weighted by Crippen LogP contribution is -2.41. The number of hydrogen-bond acceptors (Lipinski definition) is 6. The Bertz CT molecular complexity index is 321. The Morgan fingerprint density at radius 3 is 3.43 bits per heavy atom. The van der Waals surface area contributed by atoms with Gasteiger partial charge in [-0.25, -0.2) is 0 Å². The quantitative estimate of drug-likeness (QED) is 0.700. The standard InChI is InChI=1S/C8H10N4OS/c9-3-8-6-12(1-2-13-8)5-7-4-10-14-11-7/h4,8H,1-2,5-6H2. The highest BCUT2D eigenvalue weighted by atomic mass is 32.1. The molecule has 1 aliphatic heterocycles. The van der Waals surface area contributed by atoms with Crippen molar-refractivity contribution < 1.29 is 4.74 Å². The molecule has 1 aromatic rings. The molecule has 1 aliphatic rings. The maximum absolute atomic E-state index is 8.71. The molecule has 0 aromatic carbocycles. The number of ether oxygens (including phenoxy) is 1. The molecule has 5 nitrogen and oxygen atoms in total. The third-order valence-electron chi connectivity index (χ3n) is 2.09. The van der Waals surface area contributed by atoms with Gasteiger partial charge in [-0.1, -0.05) is 0 Å². The topological polar surface area (TPSA) is 62.0 Å². The second kappa shape index (κ2) is 4.46. The molecule has 0 N–H and O–H groups in total. The van der Waals surface area contributed by atoms with Crippen LogP contribution >= 0.6 is 11.7 Å². The van der Waals surface area contributed by atoms with Crippen molar-refractivity contribution in [3.05, 3.63) is 11.9 Å². The first-order chi connectivity index (χ1) is 6.88. The Hall–Kier alpha value is -1.03. The van der Waals surface area contributed by atoms with Crippen LogP contribution in [0, 0.1) is 11.3 Å². The summed E-state index contributed by atoms with van der Waals surface area (Å²) in [5.41, 5.74) is 0.966. The minimum absolute atomic E-state index is 0.296. The Labute approximate surface area is 86.2 Å². The molecule has 0 bridgehead atoms. The molecule has 1 fully saturated rings. The Morgan fingerprint density at radius 2 is 2.71 bits per heavy atom. The maximum atomic E-state index is 8.71. The summed E-state index contributed by atoms with van der Waals surface area (Å²) >= 11 is 1.21. The fraction of sp³-hybridized carbons (Fsp3) is 0.625. The van der Waals surface area contributed by atoms with E-state index >= 15 is 0 Å². The average molecular weight is 210 g/mol. The Balaban J connectivity index is 1.90. The molecule has 0 saturated carbocycles. The summed E-state index contributed by atoms with van der Waals surface area (Å²) in [6, 6.07) is 2.12. The molecule has 0 aliphatic carbocycles. The molecule has 2 heterocycles. The van der Waals surface area contributed by atoms with Crippen LogP contribution in [0.1, 0.15) is 5.69 Å². The van der Waals surface area contributed by atoms with E-state index < -0.39 is 0 Å². The highest BCUT2D eigenvalue weighted by Gasteiger charge is 2.20. The van der Waals surface area contributed by atoms with Crippen molar-refractivity contribution in [1.82, 2.24) is 13.6 Å². The molecule has 6 heteroatoms. The van der Waals surface area contributed by atoms with Crippen molar-refractivity contribution in [2.75, 3.05) is 19.7 Å². The molecule has 1 aromatic heterocycles. The Morgan fingerprint density at radius 1 is 1.79 bits per heavy atom. The molecule has 0 amide bonds. The van der Waals surface area contributed by atoms with Crippen molar-refractivity contribution in [2.24, 2.45) is 0 Å². The molecular formula is C8H10N4OS. The number of hydrogen-bond donors (Lipinski definition) is 0. The number of aromatic nitrogens is 2. The number of nitrogens with zero attached hydrogens (tertiary/aromatic N) is 4. The van der Waals surface area contributed by atoms with Crippen LogP contribution in [-0.2, 0) is 11.3 Å². The van der Waals surface area contributed by atoms with Gasteiger partial charge in [0.15, 0.2) is 6.10 Å². The smallest absolute Gasteiger partial charge is 0.156 e. The van der Waals surface area contributed by atoms with E-state index in [2.05, 4.69) is 19.7 Å². The summed E-state index contributed by atoms with van der Waals surface area (Å²) in [5.74, 6) is 0. The highest BCUT2D eigenvalue weighted by molar-refractivity contribution is 6.99. The Kier molecular flexibility index (Phi) is 3.03. The molecule has 0 spiro atoms. The first-order valence-electron chi connectivity index (χ1n) is 4.38. The van der Waals surface area contributed by atoms with Gasteiger partial charge < -0.3 is 4.74 Å². The summed E-state index contributed by atoms with van der Waals surface area (Å²) < 4.78 is 13.3. The van der Waals surface area contributed by atoms with Crippen molar-refractivity contribution in [1.29, 1.82) is 5.26 Å². The average Bonchev–Trinajstić information content (AvgIpc) is 2.71.